The molecule has 140 valence electrons. The van der Waals surface area contributed by atoms with E-state index in [2.05, 4.69) is 5.32 Å². The van der Waals surface area contributed by atoms with Crippen LogP contribution in [0.1, 0.15) is 34.1 Å². The molecule has 2 aromatic rings. The third-order valence-electron chi connectivity index (χ3n) is 3.61. The highest BCUT2D eigenvalue weighted by Crippen LogP contribution is 2.16. The number of carbonyl (C=O) groups is 3. The van der Waals surface area contributed by atoms with Gasteiger partial charge in [-0.15, -0.1) is 0 Å². The molecule has 0 bridgehead atoms. The van der Waals surface area contributed by atoms with Crippen LogP contribution in [-0.4, -0.2) is 34.4 Å². The van der Waals surface area contributed by atoms with Gasteiger partial charge in [0.25, 0.3) is 5.91 Å². The number of nitrogens with one attached hydrogen (secondary N) is 1. The molecule has 2 rings (SSSR count). The summed E-state index contributed by atoms with van der Waals surface area (Å²) < 4.78 is 6.55. The molecule has 0 saturated carbocycles. The fourth-order valence-corrected chi connectivity index (χ4v) is 2.50. The van der Waals surface area contributed by atoms with Gasteiger partial charge in [-0.05, 0) is 39.3 Å². The van der Waals surface area contributed by atoms with E-state index in [-0.39, 0.29) is 6.42 Å². The van der Waals surface area contributed by atoms with Crippen LogP contribution in [-0.2, 0) is 9.53 Å². The van der Waals surface area contributed by atoms with Crippen LogP contribution in [0.4, 0.5) is 9.59 Å². The molecular formula is C18H24N4O4. The van der Waals surface area contributed by atoms with Gasteiger partial charge in [0.2, 0.25) is 0 Å². The van der Waals surface area contributed by atoms with E-state index >= 15 is 0 Å². The Morgan fingerprint density at radius 2 is 1.88 bits per heavy atom. The maximum absolute atomic E-state index is 12.9. The number of urea groups is 1. The summed E-state index contributed by atoms with van der Waals surface area (Å²) in [6.45, 7) is 6.87. The fourth-order valence-electron chi connectivity index (χ4n) is 2.50. The summed E-state index contributed by atoms with van der Waals surface area (Å²) >= 11 is 0. The van der Waals surface area contributed by atoms with Gasteiger partial charge in [-0.3, -0.25) is 4.79 Å². The number of aromatic nitrogens is 1. The number of ether oxygens (including phenoxy) is 1. The standard InChI is InChI=1S/C18H24N4O4/c1-5-13(20-17(25)26-18(2,3)4)15(23)22(16(19)24)21-11-10-12-8-6-7-9-14(12)21/h6-11,13H,5H2,1-4H3,(H2,19,24)(H,20,25). The van der Waals surface area contributed by atoms with Gasteiger partial charge < -0.3 is 15.8 Å². The van der Waals surface area contributed by atoms with Crippen molar-refractivity contribution >= 4 is 28.9 Å². The van der Waals surface area contributed by atoms with Crippen molar-refractivity contribution in [1.82, 2.24) is 9.99 Å². The number of benzene rings is 1. The molecule has 0 aliphatic carbocycles. The van der Waals surface area contributed by atoms with Crippen molar-refractivity contribution in [2.75, 3.05) is 5.01 Å². The van der Waals surface area contributed by atoms with E-state index in [1.165, 1.54) is 4.68 Å². The summed E-state index contributed by atoms with van der Waals surface area (Å²) in [5, 5.41) is 4.16. The Bertz CT molecular complexity index is 822. The van der Waals surface area contributed by atoms with Crippen LogP contribution in [0.15, 0.2) is 36.5 Å². The maximum atomic E-state index is 12.9. The van der Waals surface area contributed by atoms with E-state index in [9.17, 15) is 14.4 Å². The highest BCUT2D eigenvalue weighted by molar-refractivity contribution is 6.10. The van der Waals surface area contributed by atoms with Gasteiger partial charge in [-0.25, -0.2) is 14.3 Å². The first-order chi connectivity index (χ1) is 12.1. The molecule has 4 amide bonds. The van der Waals surface area contributed by atoms with Gasteiger partial charge in [0, 0.05) is 11.6 Å². The summed E-state index contributed by atoms with van der Waals surface area (Å²) in [6.07, 6.45) is 1.11. The highest BCUT2D eigenvalue weighted by Gasteiger charge is 2.31. The van der Waals surface area contributed by atoms with Crippen molar-refractivity contribution in [3.8, 4) is 0 Å². The van der Waals surface area contributed by atoms with E-state index in [1.54, 1.807) is 52.1 Å². The lowest BCUT2D eigenvalue weighted by Gasteiger charge is -2.27. The molecular weight excluding hydrogens is 336 g/mol. The second kappa shape index (κ2) is 7.47. The minimum absolute atomic E-state index is 0.265. The number of primary amides is 1. The number of amides is 4. The topological polar surface area (TPSA) is 107 Å². The largest absolute Gasteiger partial charge is 0.444 e. The van der Waals surface area contributed by atoms with Crippen molar-refractivity contribution < 1.29 is 19.1 Å². The maximum Gasteiger partial charge on any atom is 0.408 e. The average Bonchev–Trinajstić information content (AvgIpc) is 2.94. The summed E-state index contributed by atoms with van der Waals surface area (Å²) in [6, 6.07) is 7.12. The van der Waals surface area contributed by atoms with Gasteiger partial charge in [0.05, 0.1) is 5.52 Å². The van der Waals surface area contributed by atoms with E-state index in [1.807, 2.05) is 12.1 Å². The molecule has 0 radical (unpaired) electrons. The Balaban J connectivity index is 2.29. The third-order valence-corrected chi connectivity index (χ3v) is 3.61. The van der Waals surface area contributed by atoms with E-state index in [0.29, 0.717) is 5.52 Å². The summed E-state index contributed by atoms with van der Waals surface area (Å²) in [5.41, 5.74) is 5.39. The van der Waals surface area contributed by atoms with Crippen LogP contribution >= 0.6 is 0 Å². The van der Waals surface area contributed by atoms with Crippen LogP contribution in [0.25, 0.3) is 10.9 Å². The summed E-state index contributed by atoms with van der Waals surface area (Å²) in [5.74, 6) is -0.646. The van der Waals surface area contributed by atoms with Crippen LogP contribution in [0.5, 0.6) is 0 Å². The molecule has 0 fully saturated rings. The fraction of sp³-hybridized carbons (Fsp3) is 0.389. The molecule has 0 aliphatic rings. The Morgan fingerprint density at radius 1 is 1.23 bits per heavy atom. The number of para-hydroxylation sites is 1. The molecule has 26 heavy (non-hydrogen) atoms. The number of hydrogen-bond acceptors (Lipinski definition) is 4. The van der Waals surface area contributed by atoms with E-state index in [4.69, 9.17) is 10.5 Å². The molecule has 8 heteroatoms. The number of carbonyl (C=O) groups excluding carboxylic acids is 3. The normalized spacial score (nSPS) is 12.5. The molecule has 0 aliphatic heterocycles. The highest BCUT2D eigenvalue weighted by atomic mass is 16.6. The number of alkyl carbamates (subject to hydrolysis) is 1. The second-order valence-electron chi connectivity index (χ2n) is 6.81. The Kier molecular flexibility index (Phi) is 5.54. The zero-order valence-corrected chi connectivity index (χ0v) is 15.4. The molecule has 0 spiro atoms. The van der Waals surface area contributed by atoms with Crippen molar-refractivity contribution in [2.24, 2.45) is 5.73 Å². The second-order valence-corrected chi connectivity index (χ2v) is 6.81. The predicted molar refractivity (Wildman–Crippen MR) is 98.2 cm³/mol. The SMILES string of the molecule is CCC(NC(=O)OC(C)(C)C)C(=O)N(C(N)=O)n1ccc2ccccc21. The molecule has 1 aromatic carbocycles. The Labute approximate surface area is 151 Å². The predicted octanol–water partition coefficient (Wildman–Crippen LogP) is 2.49. The first-order valence-electron chi connectivity index (χ1n) is 8.33. The van der Waals surface area contributed by atoms with Gasteiger partial charge >= 0.3 is 12.1 Å². The number of rotatable bonds is 4. The number of hydrogen-bond donors (Lipinski definition) is 2. The lowest BCUT2D eigenvalue weighted by Crippen LogP contribution is -2.56. The zero-order chi connectivity index (χ0) is 19.5. The van der Waals surface area contributed by atoms with Crippen LogP contribution < -0.4 is 16.1 Å². The van der Waals surface area contributed by atoms with Gasteiger partial charge in [0.1, 0.15) is 11.6 Å². The molecule has 0 saturated heterocycles. The Morgan fingerprint density at radius 3 is 2.46 bits per heavy atom. The molecule has 3 N–H and O–H groups in total. The van der Waals surface area contributed by atoms with Crippen LogP contribution in [0.2, 0.25) is 0 Å². The Hall–Kier alpha value is -3.03. The lowest BCUT2D eigenvalue weighted by molar-refractivity contribution is -0.121. The third kappa shape index (κ3) is 4.33. The molecule has 1 unspecified atom stereocenters. The number of nitrogens with zero attached hydrogens (tertiary/aromatic N) is 2. The van der Waals surface area contributed by atoms with Crippen molar-refractivity contribution in [2.45, 2.75) is 45.8 Å². The van der Waals surface area contributed by atoms with Crippen molar-refractivity contribution in [1.29, 1.82) is 0 Å². The molecule has 1 atom stereocenters. The first kappa shape index (κ1) is 19.3. The van der Waals surface area contributed by atoms with Gasteiger partial charge in [0.15, 0.2) is 0 Å². The lowest BCUT2D eigenvalue weighted by atomic mass is 10.2. The van der Waals surface area contributed by atoms with Gasteiger partial charge in [-0.1, -0.05) is 25.1 Å². The number of nitrogens with two attached hydrogens (primary N) is 1. The van der Waals surface area contributed by atoms with E-state index < -0.39 is 29.7 Å². The van der Waals surface area contributed by atoms with Crippen molar-refractivity contribution in [3.63, 3.8) is 0 Å². The van der Waals surface area contributed by atoms with E-state index in [0.717, 1.165) is 10.4 Å². The minimum Gasteiger partial charge on any atom is -0.444 e. The van der Waals surface area contributed by atoms with Gasteiger partial charge in [-0.2, -0.15) is 5.01 Å². The number of fused-ring (bicyclic) bond motifs is 1. The molecule has 1 heterocycles. The van der Waals surface area contributed by atoms with Crippen LogP contribution in [0, 0.1) is 0 Å². The summed E-state index contributed by atoms with van der Waals surface area (Å²) in [4.78, 5) is 36.9. The quantitative estimate of drug-likeness (QED) is 0.873. The minimum atomic E-state index is -0.960. The van der Waals surface area contributed by atoms with Crippen molar-refractivity contribution in [3.05, 3.63) is 36.5 Å². The first-order valence-corrected chi connectivity index (χ1v) is 8.33. The number of imide groups is 1. The zero-order valence-electron chi connectivity index (χ0n) is 15.4. The average molecular weight is 360 g/mol. The summed E-state index contributed by atoms with van der Waals surface area (Å²) in [7, 11) is 0. The molecule has 1 aromatic heterocycles. The smallest absolute Gasteiger partial charge is 0.408 e. The van der Waals surface area contributed by atoms with Crippen LogP contribution in [0.3, 0.4) is 0 Å². The monoisotopic (exact) mass is 360 g/mol. The molecule has 8 nitrogen and oxygen atoms in total.